The van der Waals surface area contributed by atoms with E-state index < -0.39 is 0 Å². The number of ether oxygens (including phenoxy) is 2. The number of carbonyl (C=O) groups is 1. The largest absolute Gasteiger partial charge is 0.489 e. The lowest BCUT2D eigenvalue weighted by Gasteiger charge is -2.18. The molecule has 0 amide bonds. The summed E-state index contributed by atoms with van der Waals surface area (Å²) in [6.45, 7) is 4.34. The Morgan fingerprint density at radius 2 is 1.91 bits per heavy atom. The molecule has 1 aliphatic heterocycles. The van der Waals surface area contributed by atoms with Gasteiger partial charge in [0.15, 0.2) is 5.78 Å². The minimum Gasteiger partial charge on any atom is -0.489 e. The fourth-order valence-electron chi connectivity index (χ4n) is 2.35. The molecular weight excluding hydrogens is 276 g/mol. The van der Waals surface area contributed by atoms with Crippen LogP contribution in [0.5, 0.6) is 11.5 Å². The van der Waals surface area contributed by atoms with Crippen LogP contribution in [0.15, 0.2) is 66.8 Å². The lowest BCUT2D eigenvalue weighted by molar-refractivity contribution is 0.100. The second kappa shape index (κ2) is 6.31. The average Bonchev–Trinajstić information content (AvgIpc) is 2.57. The summed E-state index contributed by atoms with van der Waals surface area (Å²) in [5, 5.41) is 0. The molecule has 3 nitrogen and oxygen atoms in total. The molecule has 0 bridgehead atoms. The minimum atomic E-state index is 0.000346. The SMILES string of the molecule is C=CCOc1ccccc1/C=C1\COc2ccccc2C1=O. The van der Waals surface area contributed by atoms with Gasteiger partial charge in [0, 0.05) is 11.1 Å². The molecule has 1 heterocycles. The lowest BCUT2D eigenvalue weighted by Crippen LogP contribution is -2.18. The van der Waals surface area contributed by atoms with Crippen molar-refractivity contribution in [3.63, 3.8) is 0 Å². The van der Waals surface area contributed by atoms with E-state index in [1.54, 1.807) is 12.1 Å². The maximum absolute atomic E-state index is 12.5. The third kappa shape index (κ3) is 2.79. The van der Waals surface area contributed by atoms with Crippen molar-refractivity contribution in [1.29, 1.82) is 0 Å². The molecule has 110 valence electrons. The standard InChI is InChI=1S/C19H16O3/c1-2-11-21-17-9-5-3-7-14(17)12-15-13-22-18-10-6-4-8-16(18)19(15)20/h2-10,12H,1,11,13H2/b15-12+. The van der Waals surface area contributed by atoms with Crippen LogP contribution in [0.4, 0.5) is 0 Å². The molecule has 3 rings (SSSR count). The van der Waals surface area contributed by atoms with Crippen molar-refractivity contribution in [1.82, 2.24) is 0 Å². The van der Waals surface area contributed by atoms with Gasteiger partial charge in [-0.25, -0.2) is 0 Å². The van der Waals surface area contributed by atoms with Gasteiger partial charge in [-0.15, -0.1) is 0 Å². The van der Waals surface area contributed by atoms with E-state index in [1.165, 1.54) is 0 Å². The summed E-state index contributed by atoms with van der Waals surface area (Å²) in [5.41, 5.74) is 2.08. The first-order chi connectivity index (χ1) is 10.8. The first kappa shape index (κ1) is 14.1. The van der Waals surface area contributed by atoms with Crippen LogP contribution >= 0.6 is 0 Å². The molecule has 2 aromatic rings. The Bertz CT molecular complexity index is 744. The van der Waals surface area contributed by atoms with E-state index in [0.29, 0.717) is 23.5 Å². The zero-order valence-corrected chi connectivity index (χ0v) is 12.1. The summed E-state index contributed by atoms with van der Waals surface area (Å²) < 4.78 is 11.3. The van der Waals surface area contributed by atoms with Crippen LogP contribution in [-0.2, 0) is 0 Å². The molecule has 22 heavy (non-hydrogen) atoms. The lowest BCUT2D eigenvalue weighted by atomic mass is 9.98. The van der Waals surface area contributed by atoms with Gasteiger partial charge in [0.2, 0.25) is 0 Å². The smallest absolute Gasteiger partial charge is 0.196 e. The maximum atomic E-state index is 12.5. The zero-order chi connectivity index (χ0) is 15.4. The minimum absolute atomic E-state index is 0.000346. The van der Waals surface area contributed by atoms with Crippen molar-refractivity contribution < 1.29 is 14.3 Å². The molecule has 3 heteroatoms. The number of benzene rings is 2. The van der Waals surface area contributed by atoms with Crippen molar-refractivity contribution in [2.75, 3.05) is 13.2 Å². The highest BCUT2D eigenvalue weighted by Crippen LogP contribution is 2.29. The van der Waals surface area contributed by atoms with Crippen LogP contribution in [0.1, 0.15) is 15.9 Å². The number of hydrogen-bond donors (Lipinski definition) is 0. The topological polar surface area (TPSA) is 35.5 Å². The van der Waals surface area contributed by atoms with Gasteiger partial charge in [0.1, 0.15) is 24.7 Å². The van der Waals surface area contributed by atoms with E-state index >= 15 is 0 Å². The number of Topliss-reactive ketones (excluding diaryl/α,β-unsaturated/α-hetero) is 1. The van der Waals surface area contributed by atoms with Crippen LogP contribution in [-0.4, -0.2) is 19.0 Å². The van der Waals surface area contributed by atoms with Crippen LogP contribution in [0.25, 0.3) is 6.08 Å². The first-order valence-electron chi connectivity index (χ1n) is 7.09. The number of fused-ring (bicyclic) bond motifs is 1. The van der Waals surface area contributed by atoms with E-state index in [9.17, 15) is 4.79 Å². The zero-order valence-electron chi connectivity index (χ0n) is 12.1. The predicted octanol–water partition coefficient (Wildman–Crippen LogP) is 3.91. The Morgan fingerprint density at radius 1 is 1.14 bits per heavy atom. The molecule has 2 aromatic carbocycles. The molecule has 0 fully saturated rings. The van der Waals surface area contributed by atoms with Gasteiger partial charge in [0.25, 0.3) is 0 Å². The highest BCUT2D eigenvalue weighted by molar-refractivity contribution is 6.14. The summed E-state index contributed by atoms with van der Waals surface area (Å²) in [6, 6.07) is 14.9. The number of ketones is 1. The number of carbonyl (C=O) groups excluding carboxylic acids is 1. The van der Waals surface area contributed by atoms with Gasteiger partial charge in [0.05, 0.1) is 5.56 Å². The monoisotopic (exact) mass is 292 g/mol. The highest BCUT2D eigenvalue weighted by Gasteiger charge is 2.22. The van der Waals surface area contributed by atoms with Crippen molar-refractivity contribution >= 4 is 11.9 Å². The van der Waals surface area contributed by atoms with Gasteiger partial charge in [-0.2, -0.15) is 0 Å². The second-order valence-electron chi connectivity index (χ2n) is 4.92. The van der Waals surface area contributed by atoms with Crippen LogP contribution in [0.2, 0.25) is 0 Å². The fourth-order valence-corrected chi connectivity index (χ4v) is 2.35. The highest BCUT2D eigenvalue weighted by atomic mass is 16.5. The van der Waals surface area contributed by atoms with Crippen LogP contribution < -0.4 is 9.47 Å². The molecule has 0 atom stereocenters. The number of para-hydroxylation sites is 2. The fraction of sp³-hybridized carbons (Fsp3) is 0.105. The van der Waals surface area contributed by atoms with Gasteiger partial charge in [-0.3, -0.25) is 4.79 Å². The van der Waals surface area contributed by atoms with Gasteiger partial charge in [-0.1, -0.05) is 43.0 Å². The third-order valence-electron chi connectivity index (χ3n) is 3.41. The Labute approximate surface area is 129 Å². The summed E-state index contributed by atoms with van der Waals surface area (Å²) in [6.07, 6.45) is 3.52. The number of hydrogen-bond acceptors (Lipinski definition) is 3. The van der Waals surface area contributed by atoms with E-state index in [1.807, 2.05) is 48.5 Å². The molecular formula is C19H16O3. The van der Waals surface area contributed by atoms with Gasteiger partial charge >= 0.3 is 0 Å². The molecule has 0 aromatic heterocycles. The van der Waals surface area contributed by atoms with Gasteiger partial charge < -0.3 is 9.47 Å². The molecule has 0 saturated heterocycles. The summed E-state index contributed by atoms with van der Waals surface area (Å²) >= 11 is 0. The van der Waals surface area contributed by atoms with E-state index in [2.05, 4.69) is 6.58 Å². The summed E-state index contributed by atoms with van der Waals surface area (Å²) in [7, 11) is 0. The second-order valence-corrected chi connectivity index (χ2v) is 4.92. The Hall–Kier alpha value is -2.81. The normalized spacial score (nSPS) is 15.1. The molecule has 0 unspecified atom stereocenters. The van der Waals surface area contributed by atoms with E-state index in [0.717, 1.165) is 11.3 Å². The van der Waals surface area contributed by atoms with Crippen molar-refractivity contribution in [3.05, 3.63) is 77.9 Å². The van der Waals surface area contributed by atoms with E-state index in [-0.39, 0.29) is 12.4 Å². The van der Waals surface area contributed by atoms with Crippen molar-refractivity contribution in [2.45, 2.75) is 0 Å². The maximum Gasteiger partial charge on any atom is 0.196 e. The molecule has 0 aliphatic carbocycles. The summed E-state index contributed by atoms with van der Waals surface area (Å²) in [5.74, 6) is 1.36. The molecule has 0 N–H and O–H groups in total. The van der Waals surface area contributed by atoms with Crippen molar-refractivity contribution in [2.24, 2.45) is 0 Å². The van der Waals surface area contributed by atoms with Crippen molar-refractivity contribution in [3.8, 4) is 11.5 Å². The summed E-state index contributed by atoms with van der Waals surface area (Å²) in [4.78, 5) is 12.5. The van der Waals surface area contributed by atoms with Crippen LogP contribution in [0, 0.1) is 0 Å². The molecule has 0 spiro atoms. The Morgan fingerprint density at radius 3 is 2.77 bits per heavy atom. The Kier molecular flexibility index (Phi) is 4.05. The third-order valence-corrected chi connectivity index (χ3v) is 3.41. The molecule has 0 saturated carbocycles. The Balaban J connectivity index is 1.94. The van der Waals surface area contributed by atoms with Crippen LogP contribution in [0.3, 0.4) is 0 Å². The van der Waals surface area contributed by atoms with Gasteiger partial charge in [-0.05, 0) is 24.3 Å². The first-order valence-corrected chi connectivity index (χ1v) is 7.09. The van der Waals surface area contributed by atoms with E-state index in [4.69, 9.17) is 9.47 Å². The average molecular weight is 292 g/mol. The predicted molar refractivity (Wildman–Crippen MR) is 86.4 cm³/mol. The quantitative estimate of drug-likeness (QED) is 0.633. The number of rotatable bonds is 4. The molecule has 0 radical (unpaired) electrons. The molecule has 1 aliphatic rings.